The lowest BCUT2D eigenvalue weighted by Gasteiger charge is -2.27. The Morgan fingerprint density at radius 3 is 1.44 bits per heavy atom. The molecule has 1 aromatic heterocycles. The van der Waals surface area contributed by atoms with Crippen LogP contribution in [-0.2, 0) is 0 Å². The van der Waals surface area contributed by atoms with E-state index in [4.69, 9.17) is 0 Å². The molecule has 0 saturated heterocycles. The van der Waals surface area contributed by atoms with Crippen LogP contribution in [0.1, 0.15) is 0 Å². The van der Waals surface area contributed by atoms with Crippen LogP contribution in [0.15, 0.2) is 194 Å². The van der Waals surface area contributed by atoms with Gasteiger partial charge in [-0.25, -0.2) is 0 Å². The molecule has 2 nitrogen and oxygen atoms in total. The number of hydrogen-bond acceptors (Lipinski definition) is 1. The summed E-state index contributed by atoms with van der Waals surface area (Å²) >= 11 is 0. The third-order valence-electron chi connectivity index (χ3n) is 9.41. The molecule has 1 heterocycles. The van der Waals surface area contributed by atoms with E-state index in [0.29, 0.717) is 0 Å². The highest BCUT2D eigenvalue weighted by Crippen LogP contribution is 2.42. The third-order valence-corrected chi connectivity index (χ3v) is 9.41. The summed E-state index contributed by atoms with van der Waals surface area (Å²) in [6.45, 7) is 0. The van der Waals surface area contributed by atoms with Crippen molar-refractivity contribution in [3.05, 3.63) is 194 Å². The molecule has 0 amide bonds. The molecular weight excluding hydrogens is 581 g/mol. The minimum atomic E-state index is 1.12. The molecule has 9 aromatic rings. The average molecular weight is 613 g/mol. The standard InChI is InChI=1S/C46H32N2/c1-3-13-33(14-4-1)34-23-27-37(28-24-34)47(36-15-5-2-6-16-36)46-32-31-39(40-17-7-8-18-41(40)46)35-25-29-38(30-26-35)48-44-21-11-9-19-42(44)43-20-10-12-22-45(43)48/h1-32H. The Hall–Kier alpha value is -6.38. The average Bonchev–Trinajstić information content (AvgIpc) is 3.51. The van der Waals surface area contributed by atoms with E-state index in [0.717, 1.165) is 22.7 Å². The van der Waals surface area contributed by atoms with Gasteiger partial charge in [-0.15, -0.1) is 0 Å². The van der Waals surface area contributed by atoms with Crippen LogP contribution in [0.25, 0.3) is 60.5 Å². The number of aromatic nitrogens is 1. The van der Waals surface area contributed by atoms with Crippen LogP contribution in [0.3, 0.4) is 0 Å². The van der Waals surface area contributed by atoms with Crippen LogP contribution in [0.5, 0.6) is 0 Å². The van der Waals surface area contributed by atoms with Crippen molar-refractivity contribution in [1.82, 2.24) is 4.57 Å². The van der Waals surface area contributed by atoms with Gasteiger partial charge in [-0.05, 0) is 82.2 Å². The lowest BCUT2D eigenvalue weighted by Crippen LogP contribution is -2.10. The van der Waals surface area contributed by atoms with Gasteiger partial charge < -0.3 is 9.47 Å². The zero-order valence-electron chi connectivity index (χ0n) is 26.4. The predicted octanol–water partition coefficient (Wildman–Crippen LogP) is 12.7. The Labute approximate surface area is 280 Å². The molecule has 0 aliphatic heterocycles. The zero-order valence-corrected chi connectivity index (χ0v) is 26.4. The molecule has 9 rings (SSSR count). The summed E-state index contributed by atoms with van der Waals surface area (Å²) in [4.78, 5) is 2.37. The van der Waals surface area contributed by atoms with E-state index >= 15 is 0 Å². The first-order chi connectivity index (χ1) is 23.8. The molecule has 226 valence electrons. The summed E-state index contributed by atoms with van der Waals surface area (Å²) in [5, 5.41) is 4.98. The van der Waals surface area contributed by atoms with Crippen LogP contribution in [0, 0.1) is 0 Å². The van der Waals surface area contributed by atoms with Gasteiger partial charge in [0.2, 0.25) is 0 Å². The van der Waals surface area contributed by atoms with Gasteiger partial charge in [0.1, 0.15) is 0 Å². The van der Waals surface area contributed by atoms with Gasteiger partial charge in [-0.3, -0.25) is 0 Å². The Kier molecular flexibility index (Phi) is 6.84. The third kappa shape index (κ3) is 4.74. The van der Waals surface area contributed by atoms with E-state index in [2.05, 4.69) is 204 Å². The van der Waals surface area contributed by atoms with Crippen LogP contribution in [0.4, 0.5) is 17.1 Å². The van der Waals surface area contributed by atoms with Gasteiger partial charge in [0.25, 0.3) is 0 Å². The Bertz CT molecular complexity index is 2480. The van der Waals surface area contributed by atoms with Crippen LogP contribution in [-0.4, -0.2) is 4.57 Å². The molecule has 0 atom stereocenters. The van der Waals surface area contributed by atoms with E-state index in [1.807, 2.05) is 0 Å². The highest BCUT2D eigenvalue weighted by Gasteiger charge is 2.18. The van der Waals surface area contributed by atoms with Gasteiger partial charge in [-0.2, -0.15) is 0 Å². The van der Waals surface area contributed by atoms with E-state index < -0.39 is 0 Å². The summed E-state index contributed by atoms with van der Waals surface area (Å²) in [6.07, 6.45) is 0. The number of hydrogen-bond donors (Lipinski definition) is 0. The minimum absolute atomic E-state index is 1.12. The lowest BCUT2D eigenvalue weighted by molar-refractivity contribution is 1.18. The fourth-order valence-electron chi connectivity index (χ4n) is 7.16. The smallest absolute Gasteiger partial charge is 0.0541 e. The maximum absolute atomic E-state index is 2.37. The lowest BCUT2D eigenvalue weighted by atomic mass is 9.96. The predicted molar refractivity (Wildman–Crippen MR) is 204 cm³/mol. The molecule has 0 fully saturated rings. The second kappa shape index (κ2) is 11.8. The normalized spacial score (nSPS) is 11.3. The maximum Gasteiger partial charge on any atom is 0.0541 e. The number of anilines is 3. The van der Waals surface area contributed by atoms with Gasteiger partial charge in [0.15, 0.2) is 0 Å². The first kappa shape index (κ1) is 27.9. The second-order valence-electron chi connectivity index (χ2n) is 12.2. The fraction of sp³-hybridized carbons (Fsp3) is 0. The number of para-hydroxylation sites is 3. The Morgan fingerprint density at radius 2 is 0.792 bits per heavy atom. The van der Waals surface area contributed by atoms with E-state index in [9.17, 15) is 0 Å². The van der Waals surface area contributed by atoms with Gasteiger partial charge in [0, 0.05) is 33.2 Å². The van der Waals surface area contributed by atoms with Gasteiger partial charge >= 0.3 is 0 Å². The van der Waals surface area contributed by atoms with E-state index in [1.54, 1.807) is 0 Å². The van der Waals surface area contributed by atoms with Crippen molar-refractivity contribution in [3.8, 4) is 27.9 Å². The molecule has 0 radical (unpaired) electrons. The number of rotatable bonds is 6. The Morgan fingerprint density at radius 1 is 0.312 bits per heavy atom. The van der Waals surface area contributed by atoms with Crippen molar-refractivity contribution < 1.29 is 0 Å². The molecule has 0 unspecified atom stereocenters. The van der Waals surface area contributed by atoms with Crippen LogP contribution in [0.2, 0.25) is 0 Å². The monoisotopic (exact) mass is 612 g/mol. The second-order valence-corrected chi connectivity index (χ2v) is 12.2. The Balaban J connectivity index is 1.15. The molecule has 0 spiro atoms. The summed E-state index contributed by atoms with van der Waals surface area (Å²) in [7, 11) is 0. The van der Waals surface area contributed by atoms with E-state index in [1.165, 1.54) is 54.8 Å². The highest BCUT2D eigenvalue weighted by atomic mass is 15.1. The molecule has 2 heteroatoms. The van der Waals surface area contributed by atoms with Crippen molar-refractivity contribution in [2.75, 3.05) is 4.90 Å². The molecule has 0 aliphatic carbocycles. The maximum atomic E-state index is 2.37. The number of nitrogens with zero attached hydrogens (tertiary/aromatic N) is 2. The molecular formula is C46H32N2. The summed E-state index contributed by atoms with van der Waals surface area (Å²) in [5.74, 6) is 0. The van der Waals surface area contributed by atoms with E-state index in [-0.39, 0.29) is 0 Å². The number of fused-ring (bicyclic) bond motifs is 4. The topological polar surface area (TPSA) is 8.17 Å². The van der Waals surface area contributed by atoms with Gasteiger partial charge in [0.05, 0.1) is 16.7 Å². The van der Waals surface area contributed by atoms with Crippen molar-refractivity contribution in [2.45, 2.75) is 0 Å². The summed E-state index contributed by atoms with van der Waals surface area (Å²) < 4.78 is 2.37. The first-order valence-electron chi connectivity index (χ1n) is 16.4. The van der Waals surface area contributed by atoms with Gasteiger partial charge in [-0.1, -0.05) is 140 Å². The quantitative estimate of drug-likeness (QED) is 0.181. The number of benzene rings is 8. The molecule has 48 heavy (non-hydrogen) atoms. The summed E-state index contributed by atoms with van der Waals surface area (Å²) in [6, 6.07) is 69.8. The SMILES string of the molecule is c1ccc(-c2ccc(N(c3ccccc3)c3ccc(-c4ccc(-n5c6ccccc6c6ccccc65)cc4)c4ccccc34)cc2)cc1. The molecule has 0 aliphatic rings. The van der Waals surface area contributed by atoms with Crippen LogP contribution < -0.4 is 4.90 Å². The molecule has 8 aromatic carbocycles. The zero-order chi connectivity index (χ0) is 31.9. The summed E-state index contributed by atoms with van der Waals surface area (Å²) in [5.41, 5.74) is 11.8. The first-order valence-corrected chi connectivity index (χ1v) is 16.4. The molecule has 0 N–H and O–H groups in total. The van der Waals surface area contributed by atoms with Crippen LogP contribution >= 0.6 is 0 Å². The molecule has 0 saturated carbocycles. The van der Waals surface area contributed by atoms with Crippen molar-refractivity contribution in [1.29, 1.82) is 0 Å². The highest BCUT2D eigenvalue weighted by molar-refractivity contribution is 6.09. The molecule has 0 bridgehead atoms. The van der Waals surface area contributed by atoms with Crippen molar-refractivity contribution in [3.63, 3.8) is 0 Å². The van der Waals surface area contributed by atoms with Crippen molar-refractivity contribution >= 4 is 49.6 Å². The van der Waals surface area contributed by atoms with Crippen molar-refractivity contribution in [2.24, 2.45) is 0 Å². The largest absolute Gasteiger partial charge is 0.310 e. The minimum Gasteiger partial charge on any atom is -0.310 e. The fourth-order valence-corrected chi connectivity index (χ4v) is 7.16.